The zero-order valence-electron chi connectivity index (χ0n) is 11.4. The molecule has 1 aromatic carbocycles. The number of allylic oxidation sites excluding steroid dienone is 1. The molecule has 0 aliphatic heterocycles. The molecule has 0 fully saturated rings. The van der Waals surface area contributed by atoms with Gasteiger partial charge in [0.15, 0.2) is 5.84 Å². The third kappa shape index (κ3) is 3.15. The fraction of sp³-hybridized carbons (Fsp3) is 0.267. The van der Waals surface area contributed by atoms with Crippen molar-refractivity contribution < 1.29 is 0 Å². The minimum absolute atomic E-state index is 0.485. The maximum absolute atomic E-state index is 4.43. The van der Waals surface area contributed by atoms with Crippen LogP contribution in [0.5, 0.6) is 0 Å². The molecule has 0 saturated heterocycles. The summed E-state index contributed by atoms with van der Waals surface area (Å²) in [4.78, 5) is 12.7. The SMILES string of the molecule is C=N/C(=N\C=C(/C)C(C)C)c1ccc2ncsc2c1. The summed E-state index contributed by atoms with van der Waals surface area (Å²) in [5.41, 5.74) is 5.04. The number of nitrogens with zero attached hydrogens (tertiary/aromatic N) is 3. The Morgan fingerprint density at radius 3 is 2.89 bits per heavy atom. The van der Waals surface area contributed by atoms with E-state index in [0.717, 1.165) is 15.8 Å². The van der Waals surface area contributed by atoms with Crippen molar-refractivity contribution in [2.24, 2.45) is 15.9 Å². The summed E-state index contributed by atoms with van der Waals surface area (Å²) in [5, 5.41) is 0. The van der Waals surface area contributed by atoms with Gasteiger partial charge in [-0.15, -0.1) is 11.3 Å². The maximum Gasteiger partial charge on any atom is 0.158 e. The largest absolute Gasteiger partial charge is 0.245 e. The van der Waals surface area contributed by atoms with Crippen molar-refractivity contribution >= 4 is 34.1 Å². The number of benzene rings is 1. The Kier molecular flexibility index (Phi) is 4.22. The Labute approximate surface area is 117 Å². The Morgan fingerprint density at radius 1 is 1.42 bits per heavy atom. The summed E-state index contributed by atoms with van der Waals surface area (Å²) in [6, 6.07) is 6.02. The summed E-state index contributed by atoms with van der Waals surface area (Å²) < 4.78 is 1.14. The first-order valence-electron chi connectivity index (χ1n) is 6.16. The minimum Gasteiger partial charge on any atom is -0.245 e. The molecule has 0 spiro atoms. The van der Waals surface area contributed by atoms with Gasteiger partial charge >= 0.3 is 0 Å². The first-order valence-corrected chi connectivity index (χ1v) is 7.04. The van der Waals surface area contributed by atoms with Crippen molar-refractivity contribution in [2.75, 3.05) is 0 Å². The van der Waals surface area contributed by atoms with Gasteiger partial charge in [-0.1, -0.05) is 19.4 Å². The van der Waals surface area contributed by atoms with Crippen LogP contribution in [0.15, 0.2) is 45.5 Å². The Balaban J connectivity index is 2.38. The smallest absolute Gasteiger partial charge is 0.158 e. The zero-order valence-corrected chi connectivity index (χ0v) is 12.2. The van der Waals surface area contributed by atoms with Gasteiger partial charge in [-0.3, -0.25) is 0 Å². The molecule has 0 N–H and O–H groups in total. The molecule has 3 nitrogen and oxygen atoms in total. The van der Waals surface area contributed by atoms with E-state index in [2.05, 4.69) is 48.5 Å². The van der Waals surface area contributed by atoms with Gasteiger partial charge in [0.1, 0.15) is 0 Å². The molecule has 98 valence electrons. The fourth-order valence-electron chi connectivity index (χ4n) is 1.51. The van der Waals surface area contributed by atoms with Crippen LogP contribution in [0.3, 0.4) is 0 Å². The van der Waals surface area contributed by atoms with Crippen LogP contribution < -0.4 is 0 Å². The van der Waals surface area contributed by atoms with Gasteiger partial charge in [0.2, 0.25) is 0 Å². The summed E-state index contributed by atoms with van der Waals surface area (Å²) in [5.74, 6) is 1.13. The number of rotatable bonds is 3. The van der Waals surface area contributed by atoms with Gasteiger partial charge < -0.3 is 0 Å². The third-order valence-corrected chi connectivity index (χ3v) is 3.83. The molecule has 2 rings (SSSR count). The topological polar surface area (TPSA) is 37.6 Å². The third-order valence-electron chi connectivity index (χ3n) is 3.04. The van der Waals surface area contributed by atoms with E-state index in [1.54, 1.807) is 11.3 Å². The molecule has 0 aliphatic carbocycles. The number of thiazole rings is 1. The predicted octanol–water partition coefficient (Wildman–Crippen LogP) is 4.30. The predicted molar refractivity (Wildman–Crippen MR) is 84.3 cm³/mol. The van der Waals surface area contributed by atoms with E-state index in [1.165, 1.54) is 5.57 Å². The average molecular weight is 271 g/mol. The minimum atomic E-state index is 0.485. The fourth-order valence-corrected chi connectivity index (χ4v) is 2.23. The number of fused-ring (bicyclic) bond motifs is 1. The number of aliphatic imine (C=N–C) groups is 2. The summed E-state index contributed by atoms with van der Waals surface area (Å²) in [7, 11) is 0. The van der Waals surface area contributed by atoms with E-state index in [-0.39, 0.29) is 0 Å². The van der Waals surface area contributed by atoms with E-state index in [4.69, 9.17) is 0 Å². The molecule has 0 amide bonds. The second-order valence-corrected chi connectivity index (χ2v) is 5.56. The Morgan fingerprint density at radius 2 is 2.21 bits per heavy atom. The second kappa shape index (κ2) is 5.89. The lowest BCUT2D eigenvalue weighted by atomic mass is 10.1. The van der Waals surface area contributed by atoms with Gasteiger partial charge in [0, 0.05) is 11.8 Å². The summed E-state index contributed by atoms with van der Waals surface area (Å²) in [6.07, 6.45) is 1.87. The van der Waals surface area contributed by atoms with Crippen molar-refractivity contribution in [3.05, 3.63) is 41.0 Å². The van der Waals surface area contributed by atoms with Crippen molar-refractivity contribution in [3.63, 3.8) is 0 Å². The van der Waals surface area contributed by atoms with Crippen LogP contribution in [0, 0.1) is 5.92 Å². The molecule has 0 bridgehead atoms. The van der Waals surface area contributed by atoms with Crippen molar-refractivity contribution in [1.82, 2.24) is 4.98 Å². The number of amidine groups is 1. The van der Waals surface area contributed by atoms with Crippen LogP contribution in [0.1, 0.15) is 26.3 Å². The molecule has 1 heterocycles. The van der Waals surface area contributed by atoms with Crippen LogP contribution >= 0.6 is 11.3 Å². The molecule has 1 aromatic heterocycles. The Hall–Kier alpha value is -1.81. The van der Waals surface area contributed by atoms with Crippen molar-refractivity contribution in [3.8, 4) is 0 Å². The lowest BCUT2D eigenvalue weighted by Gasteiger charge is -2.03. The molecule has 0 radical (unpaired) electrons. The molecule has 4 heteroatoms. The van der Waals surface area contributed by atoms with Crippen molar-refractivity contribution in [1.29, 1.82) is 0 Å². The molecule has 2 aromatic rings. The van der Waals surface area contributed by atoms with Gasteiger partial charge in [-0.25, -0.2) is 15.0 Å². The highest BCUT2D eigenvalue weighted by atomic mass is 32.1. The standard InChI is InChI=1S/C15H17N3S/c1-10(2)11(3)8-17-15(16-4)12-5-6-13-14(7-12)19-9-18-13/h5-10H,4H2,1-3H3/b11-8+,17-15-. The molecule has 0 saturated carbocycles. The Bertz CT molecular complexity index is 650. The lowest BCUT2D eigenvalue weighted by molar-refractivity contribution is 0.766. The van der Waals surface area contributed by atoms with Gasteiger partial charge in [0.05, 0.1) is 15.7 Å². The van der Waals surface area contributed by atoms with Crippen LogP contribution in [-0.2, 0) is 0 Å². The molecule has 0 aliphatic rings. The highest BCUT2D eigenvalue weighted by molar-refractivity contribution is 7.16. The van der Waals surface area contributed by atoms with E-state index >= 15 is 0 Å². The van der Waals surface area contributed by atoms with Crippen LogP contribution in [-0.4, -0.2) is 17.5 Å². The highest BCUT2D eigenvalue weighted by Crippen LogP contribution is 2.20. The van der Waals surface area contributed by atoms with Gasteiger partial charge in [0.25, 0.3) is 0 Å². The average Bonchev–Trinajstić information content (AvgIpc) is 2.86. The molecule has 19 heavy (non-hydrogen) atoms. The van der Waals surface area contributed by atoms with E-state index in [0.29, 0.717) is 11.8 Å². The van der Waals surface area contributed by atoms with Crippen LogP contribution in [0.2, 0.25) is 0 Å². The lowest BCUT2D eigenvalue weighted by Crippen LogP contribution is -1.96. The normalized spacial score (nSPS) is 13.3. The molecule has 0 unspecified atom stereocenters. The van der Waals surface area contributed by atoms with Gasteiger partial charge in [-0.05, 0) is 37.8 Å². The van der Waals surface area contributed by atoms with Crippen LogP contribution in [0.4, 0.5) is 0 Å². The first-order chi connectivity index (χ1) is 9.11. The monoisotopic (exact) mass is 271 g/mol. The quantitative estimate of drug-likeness (QED) is 0.605. The van der Waals surface area contributed by atoms with E-state index in [1.807, 2.05) is 23.8 Å². The summed E-state index contributed by atoms with van der Waals surface area (Å²) in [6.45, 7) is 9.97. The molecule has 0 atom stereocenters. The van der Waals surface area contributed by atoms with Crippen molar-refractivity contribution in [2.45, 2.75) is 20.8 Å². The maximum atomic E-state index is 4.43. The van der Waals surface area contributed by atoms with Crippen LogP contribution in [0.25, 0.3) is 10.2 Å². The second-order valence-electron chi connectivity index (χ2n) is 4.67. The molecular formula is C15H17N3S. The van der Waals surface area contributed by atoms with Gasteiger partial charge in [-0.2, -0.15) is 0 Å². The number of hydrogen-bond acceptors (Lipinski definition) is 3. The highest BCUT2D eigenvalue weighted by Gasteiger charge is 2.04. The summed E-state index contributed by atoms with van der Waals surface area (Å²) >= 11 is 1.62. The van der Waals surface area contributed by atoms with E-state index in [9.17, 15) is 0 Å². The zero-order chi connectivity index (χ0) is 13.8. The number of hydrogen-bond donors (Lipinski definition) is 0. The van der Waals surface area contributed by atoms with E-state index < -0.39 is 0 Å². The first kappa shape index (κ1) is 13.6. The molecular weight excluding hydrogens is 254 g/mol. The number of aromatic nitrogens is 1.